The molecule has 7 nitrogen and oxygen atoms in total. The number of carbonyl (C=O) groups excluding carboxylic acids is 2. The highest BCUT2D eigenvalue weighted by atomic mass is 32.1. The number of ether oxygens (including phenoxy) is 3. The maximum Gasteiger partial charge on any atom is 0.344 e. The summed E-state index contributed by atoms with van der Waals surface area (Å²) in [6.45, 7) is 3.90. The maximum absolute atomic E-state index is 12.6. The average molecular weight is 428 g/mol. The smallest absolute Gasteiger partial charge is 0.344 e. The van der Waals surface area contributed by atoms with Gasteiger partial charge in [0.1, 0.15) is 25.1 Å². The highest BCUT2D eigenvalue weighted by Crippen LogP contribution is 2.27. The molecule has 0 aliphatic rings. The third kappa shape index (κ3) is 5.22. The van der Waals surface area contributed by atoms with Crippen LogP contribution in [0.3, 0.4) is 0 Å². The molecule has 0 spiro atoms. The van der Waals surface area contributed by atoms with E-state index in [0.29, 0.717) is 16.5 Å². The molecule has 0 amide bonds. The Morgan fingerprint density at radius 1 is 1.07 bits per heavy atom. The van der Waals surface area contributed by atoms with E-state index in [-0.39, 0.29) is 30.8 Å². The van der Waals surface area contributed by atoms with Crippen LogP contribution in [-0.2, 0) is 19.1 Å². The predicted octanol–water partition coefficient (Wildman–Crippen LogP) is 2.82. The zero-order valence-electron chi connectivity index (χ0n) is 16.3. The predicted molar refractivity (Wildman–Crippen MR) is 114 cm³/mol. The van der Waals surface area contributed by atoms with Gasteiger partial charge < -0.3 is 19.3 Å². The minimum absolute atomic E-state index is 0.0494. The van der Waals surface area contributed by atoms with Gasteiger partial charge in [-0.2, -0.15) is 0 Å². The van der Waals surface area contributed by atoms with Crippen LogP contribution in [-0.4, -0.2) is 43.0 Å². The Morgan fingerprint density at radius 2 is 1.77 bits per heavy atom. The van der Waals surface area contributed by atoms with Crippen molar-refractivity contribution in [2.45, 2.75) is 13.0 Å². The summed E-state index contributed by atoms with van der Waals surface area (Å²) < 4.78 is 16.7. The van der Waals surface area contributed by atoms with Crippen molar-refractivity contribution >= 4 is 43.4 Å². The summed E-state index contributed by atoms with van der Waals surface area (Å²) in [5.41, 5.74) is 0.160. The number of rotatable bonds is 8. The summed E-state index contributed by atoms with van der Waals surface area (Å²) in [4.78, 5) is 35.7. The first-order valence-electron chi connectivity index (χ1n) is 9.10. The summed E-state index contributed by atoms with van der Waals surface area (Å²) in [5.74, 6) is -0.900. The number of hydrogen-bond donors (Lipinski definition) is 1. The van der Waals surface area contributed by atoms with E-state index in [2.05, 4.69) is 6.58 Å². The minimum Gasteiger partial charge on any atom is -0.482 e. The largest absolute Gasteiger partial charge is 0.482 e. The fourth-order valence-electron chi connectivity index (χ4n) is 2.59. The topological polar surface area (TPSA) is 99.1 Å². The van der Waals surface area contributed by atoms with Gasteiger partial charge in [-0.25, -0.2) is 9.59 Å². The van der Waals surface area contributed by atoms with Crippen molar-refractivity contribution in [3.05, 3.63) is 64.8 Å². The van der Waals surface area contributed by atoms with Gasteiger partial charge >= 0.3 is 11.9 Å². The lowest BCUT2D eigenvalue weighted by Gasteiger charge is -2.12. The first-order chi connectivity index (χ1) is 14.3. The maximum atomic E-state index is 12.6. The van der Waals surface area contributed by atoms with E-state index in [1.807, 2.05) is 18.2 Å². The molecule has 0 radical (unpaired) electrons. The van der Waals surface area contributed by atoms with Crippen LogP contribution in [0.4, 0.5) is 0 Å². The number of esters is 2. The van der Waals surface area contributed by atoms with Crippen molar-refractivity contribution < 1.29 is 28.9 Å². The first kappa shape index (κ1) is 21.5. The van der Waals surface area contributed by atoms with Crippen LogP contribution in [0.5, 0.6) is 5.75 Å². The summed E-state index contributed by atoms with van der Waals surface area (Å²) in [6.07, 6.45) is -1.15. The van der Waals surface area contributed by atoms with E-state index in [1.165, 1.54) is 18.3 Å². The molecule has 2 aromatic carbocycles. The van der Waals surface area contributed by atoms with Gasteiger partial charge in [0.05, 0.1) is 0 Å². The Balaban J connectivity index is 1.56. The normalized spacial score (nSPS) is 11.8. The lowest BCUT2D eigenvalue weighted by atomic mass is 10.2. The molecule has 0 bridgehead atoms. The second kappa shape index (κ2) is 9.51. The van der Waals surface area contributed by atoms with Crippen LogP contribution in [0.25, 0.3) is 20.2 Å². The second-order valence-corrected chi connectivity index (χ2v) is 7.67. The lowest BCUT2D eigenvalue weighted by Crippen LogP contribution is -2.27. The number of benzene rings is 2. The average Bonchev–Trinajstić information content (AvgIpc) is 2.74. The van der Waals surface area contributed by atoms with Crippen LogP contribution >= 0.6 is 11.3 Å². The van der Waals surface area contributed by atoms with Gasteiger partial charge in [-0.15, -0.1) is 11.3 Å². The number of fused-ring (bicyclic) bond motifs is 2. The third-order valence-electron chi connectivity index (χ3n) is 4.10. The summed E-state index contributed by atoms with van der Waals surface area (Å²) in [7, 11) is 0. The molecule has 30 heavy (non-hydrogen) atoms. The molecule has 1 heterocycles. The molecule has 156 valence electrons. The monoisotopic (exact) mass is 428 g/mol. The molecule has 0 fully saturated rings. The molecule has 1 aromatic heterocycles. The number of aliphatic hydroxyl groups excluding tert-OH is 1. The van der Waals surface area contributed by atoms with Gasteiger partial charge in [-0.05, 0) is 37.3 Å². The number of carbonyl (C=O) groups is 2. The molecule has 0 saturated carbocycles. The van der Waals surface area contributed by atoms with Crippen LogP contribution in [0.15, 0.2) is 59.4 Å². The van der Waals surface area contributed by atoms with Crippen LogP contribution in [0.2, 0.25) is 0 Å². The van der Waals surface area contributed by atoms with Gasteiger partial charge in [-0.1, -0.05) is 18.7 Å². The van der Waals surface area contributed by atoms with E-state index in [9.17, 15) is 19.5 Å². The van der Waals surface area contributed by atoms with Crippen molar-refractivity contribution in [3.63, 3.8) is 0 Å². The highest BCUT2D eigenvalue weighted by Gasteiger charge is 2.13. The molecule has 0 aliphatic heterocycles. The Labute approximate surface area is 176 Å². The van der Waals surface area contributed by atoms with E-state index in [1.54, 1.807) is 24.3 Å². The minimum atomic E-state index is -1.15. The zero-order valence-corrected chi connectivity index (χ0v) is 17.1. The molecular formula is C22H20O7S. The molecule has 0 aliphatic carbocycles. The Morgan fingerprint density at radius 3 is 2.53 bits per heavy atom. The Hall–Kier alpha value is -3.23. The van der Waals surface area contributed by atoms with E-state index < -0.39 is 18.0 Å². The fraction of sp³-hybridized carbons (Fsp3) is 0.227. The van der Waals surface area contributed by atoms with Crippen molar-refractivity contribution in [3.8, 4) is 5.75 Å². The second-order valence-electron chi connectivity index (χ2n) is 6.59. The molecule has 1 N–H and O–H groups in total. The summed E-state index contributed by atoms with van der Waals surface area (Å²) >= 11 is 1.46. The van der Waals surface area contributed by atoms with E-state index in [0.717, 1.165) is 9.40 Å². The van der Waals surface area contributed by atoms with Gasteiger partial charge in [0.15, 0.2) is 12.0 Å². The van der Waals surface area contributed by atoms with Gasteiger partial charge in [0.25, 0.3) is 0 Å². The van der Waals surface area contributed by atoms with Crippen LogP contribution < -0.4 is 10.2 Å². The van der Waals surface area contributed by atoms with E-state index >= 15 is 0 Å². The summed E-state index contributed by atoms with van der Waals surface area (Å²) in [6, 6.07) is 12.4. The lowest BCUT2D eigenvalue weighted by molar-refractivity contribution is -0.152. The van der Waals surface area contributed by atoms with Gasteiger partial charge in [0.2, 0.25) is 0 Å². The van der Waals surface area contributed by atoms with Crippen molar-refractivity contribution in [2.24, 2.45) is 0 Å². The van der Waals surface area contributed by atoms with Crippen LogP contribution in [0, 0.1) is 0 Å². The quantitative estimate of drug-likeness (QED) is 0.335. The molecule has 3 aromatic rings. The summed E-state index contributed by atoms with van der Waals surface area (Å²) in [5, 5.41) is 10.9. The molecule has 8 heteroatoms. The molecule has 1 unspecified atom stereocenters. The van der Waals surface area contributed by atoms with Gasteiger partial charge in [0, 0.05) is 25.7 Å². The first-order valence-corrected chi connectivity index (χ1v) is 9.91. The zero-order chi connectivity index (χ0) is 21.7. The van der Waals surface area contributed by atoms with E-state index in [4.69, 9.17) is 14.2 Å². The van der Waals surface area contributed by atoms with Gasteiger partial charge in [-0.3, -0.25) is 4.79 Å². The molecular weight excluding hydrogens is 408 g/mol. The number of aliphatic hydroxyl groups is 1. The number of hydrogen-bond acceptors (Lipinski definition) is 8. The standard InChI is InChI=1S/C22H20O7S/c1-13(2)22(26)29-11-14(23)10-28-20(24)12-27-15-7-8-17-19(9-15)30-18-6-4-3-5-16(18)21(17)25/h3-9,14,23H,1,10-12H2,2H3. The fourth-order valence-corrected chi connectivity index (χ4v) is 3.69. The molecule has 3 rings (SSSR count). The van der Waals surface area contributed by atoms with Crippen molar-refractivity contribution in [1.82, 2.24) is 0 Å². The Bertz CT molecular complexity index is 1170. The van der Waals surface area contributed by atoms with Crippen molar-refractivity contribution in [1.29, 1.82) is 0 Å². The highest BCUT2D eigenvalue weighted by molar-refractivity contribution is 7.24. The third-order valence-corrected chi connectivity index (χ3v) is 5.23. The van der Waals surface area contributed by atoms with Crippen LogP contribution in [0.1, 0.15) is 6.92 Å². The Kier molecular flexibility index (Phi) is 6.81. The SMILES string of the molecule is C=C(C)C(=O)OCC(O)COC(=O)COc1ccc2c(=O)c3ccccc3sc2c1. The van der Waals surface area contributed by atoms with Crippen molar-refractivity contribution in [2.75, 3.05) is 19.8 Å². The molecule has 1 atom stereocenters. The molecule has 0 saturated heterocycles.